The van der Waals surface area contributed by atoms with Gasteiger partial charge in [0.1, 0.15) is 0 Å². The highest BCUT2D eigenvalue weighted by molar-refractivity contribution is 6.10. The molecule has 1 heterocycles. The Morgan fingerprint density at radius 2 is 1.29 bits per heavy atom. The third-order valence-corrected chi connectivity index (χ3v) is 5.62. The highest BCUT2D eigenvalue weighted by atomic mass is 16.1. The summed E-state index contributed by atoms with van der Waals surface area (Å²) >= 11 is 0. The molecule has 0 N–H and O–H groups in total. The van der Waals surface area contributed by atoms with E-state index in [1.165, 1.54) is 5.56 Å². The Morgan fingerprint density at radius 3 is 1.96 bits per heavy atom. The maximum Gasteiger partial charge on any atom is 0.263 e. The van der Waals surface area contributed by atoms with Crippen molar-refractivity contribution in [3.05, 3.63) is 94.1 Å². The molecule has 0 saturated heterocycles. The SMILES string of the molecule is CC(C)=c1c2cccc3cccc(c(=O)n1-c1cccc4cccc(C)c14)c32. The maximum atomic E-state index is 13.8. The van der Waals surface area contributed by atoms with Crippen LogP contribution in [0.5, 0.6) is 0 Å². The van der Waals surface area contributed by atoms with Gasteiger partial charge < -0.3 is 0 Å². The molecule has 0 radical (unpaired) electrons. The van der Waals surface area contributed by atoms with Crippen LogP contribution in [0, 0.1) is 6.92 Å². The molecule has 136 valence electrons. The minimum atomic E-state index is 0.0382. The van der Waals surface area contributed by atoms with Crippen LogP contribution in [0.3, 0.4) is 0 Å². The summed E-state index contributed by atoms with van der Waals surface area (Å²) in [6.45, 7) is 6.28. The van der Waals surface area contributed by atoms with Gasteiger partial charge in [0, 0.05) is 21.5 Å². The number of aryl methyl sites for hydroxylation is 1. The van der Waals surface area contributed by atoms with E-state index in [1.54, 1.807) is 0 Å². The molecule has 0 bridgehead atoms. The zero-order chi connectivity index (χ0) is 19.4. The molecular weight excluding hydrogens is 342 g/mol. The van der Waals surface area contributed by atoms with E-state index in [4.69, 9.17) is 0 Å². The molecule has 1 aromatic heterocycles. The molecule has 0 aliphatic carbocycles. The quantitative estimate of drug-likeness (QED) is 0.385. The lowest BCUT2D eigenvalue weighted by Crippen LogP contribution is -2.33. The van der Waals surface area contributed by atoms with E-state index in [0.717, 1.165) is 48.9 Å². The zero-order valence-corrected chi connectivity index (χ0v) is 16.3. The van der Waals surface area contributed by atoms with Gasteiger partial charge in [0.25, 0.3) is 5.56 Å². The molecule has 0 amide bonds. The number of aromatic nitrogens is 1. The lowest BCUT2D eigenvalue weighted by molar-refractivity contribution is 0.976. The van der Waals surface area contributed by atoms with Gasteiger partial charge in [0.05, 0.1) is 11.0 Å². The van der Waals surface area contributed by atoms with E-state index in [1.807, 2.05) is 22.8 Å². The third-order valence-electron chi connectivity index (χ3n) is 5.62. The van der Waals surface area contributed by atoms with Crippen LogP contribution in [0.25, 0.3) is 43.6 Å². The second-order valence-corrected chi connectivity index (χ2v) is 7.65. The fraction of sp³-hybridized carbons (Fsp3) is 0.115. The van der Waals surface area contributed by atoms with Gasteiger partial charge in [-0.3, -0.25) is 9.36 Å². The largest absolute Gasteiger partial charge is 0.276 e. The average Bonchev–Trinajstić information content (AvgIpc) is 2.70. The molecule has 2 nitrogen and oxygen atoms in total. The van der Waals surface area contributed by atoms with Crippen LogP contribution >= 0.6 is 0 Å². The van der Waals surface area contributed by atoms with E-state index in [0.29, 0.717) is 0 Å². The van der Waals surface area contributed by atoms with E-state index in [9.17, 15) is 4.79 Å². The molecule has 0 atom stereocenters. The average molecular weight is 363 g/mol. The van der Waals surface area contributed by atoms with E-state index >= 15 is 0 Å². The number of rotatable bonds is 1. The highest BCUT2D eigenvalue weighted by Gasteiger charge is 2.15. The summed E-state index contributed by atoms with van der Waals surface area (Å²) in [5.74, 6) is 0. The number of pyridine rings is 1. The molecule has 28 heavy (non-hydrogen) atoms. The first-order chi connectivity index (χ1) is 13.6. The Bertz CT molecular complexity index is 1490. The van der Waals surface area contributed by atoms with Gasteiger partial charge in [-0.1, -0.05) is 66.2 Å². The summed E-state index contributed by atoms with van der Waals surface area (Å²) in [4.78, 5) is 13.8. The Labute approximate surface area is 163 Å². The van der Waals surface area contributed by atoms with Crippen molar-refractivity contribution in [2.45, 2.75) is 20.8 Å². The number of hydrogen-bond donors (Lipinski definition) is 0. The lowest BCUT2D eigenvalue weighted by atomic mass is 9.99. The van der Waals surface area contributed by atoms with Crippen LogP contribution in [0.15, 0.2) is 77.6 Å². The highest BCUT2D eigenvalue weighted by Crippen LogP contribution is 2.27. The molecule has 0 fully saturated rings. The van der Waals surface area contributed by atoms with Crippen molar-refractivity contribution in [2.75, 3.05) is 0 Å². The topological polar surface area (TPSA) is 22.0 Å². The Hall–Kier alpha value is -3.39. The molecule has 5 aromatic rings. The van der Waals surface area contributed by atoms with Gasteiger partial charge in [-0.05, 0) is 49.2 Å². The normalized spacial score (nSPS) is 11.5. The van der Waals surface area contributed by atoms with Gasteiger partial charge in [0.15, 0.2) is 0 Å². The lowest BCUT2D eigenvalue weighted by Gasteiger charge is -2.17. The zero-order valence-electron chi connectivity index (χ0n) is 16.3. The van der Waals surface area contributed by atoms with E-state index in [-0.39, 0.29) is 5.56 Å². The first-order valence-corrected chi connectivity index (χ1v) is 9.60. The van der Waals surface area contributed by atoms with Gasteiger partial charge in [-0.15, -0.1) is 0 Å². The molecule has 4 aromatic carbocycles. The summed E-state index contributed by atoms with van der Waals surface area (Å²) in [5, 5.41) is 7.32. The minimum absolute atomic E-state index is 0.0382. The predicted molar refractivity (Wildman–Crippen MR) is 119 cm³/mol. The van der Waals surface area contributed by atoms with Crippen molar-refractivity contribution in [3.63, 3.8) is 0 Å². The first kappa shape index (κ1) is 16.8. The monoisotopic (exact) mass is 363 g/mol. The van der Waals surface area contributed by atoms with Crippen molar-refractivity contribution < 1.29 is 0 Å². The molecule has 0 spiro atoms. The van der Waals surface area contributed by atoms with Crippen LogP contribution < -0.4 is 10.9 Å². The fourth-order valence-electron chi connectivity index (χ4n) is 4.47. The molecule has 0 aliphatic rings. The van der Waals surface area contributed by atoms with Crippen molar-refractivity contribution in [2.24, 2.45) is 0 Å². The Morgan fingerprint density at radius 1 is 0.714 bits per heavy atom. The summed E-state index contributed by atoms with van der Waals surface area (Å²) in [6, 6.07) is 24.8. The number of benzene rings is 4. The van der Waals surface area contributed by atoms with Crippen molar-refractivity contribution >= 4 is 37.9 Å². The fourth-order valence-corrected chi connectivity index (χ4v) is 4.47. The van der Waals surface area contributed by atoms with Crippen LogP contribution in [0.2, 0.25) is 0 Å². The number of fused-ring (bicyclic) bond motifs is 1. The molecule has 0 saturated carbocycles. The summed E-state index contributed by atoms with van der Waals surface area (Å²) in [5.41, 5.74) is 3.28. The van der Waals surface area contributed by atoms with Gasteiger partial charge >= 0.3 is 0 Å². The van der Waals surface area contributed by atoms with Crippen molar-refractivity contribution in [1.29, 1.82) is 0 Å². The minimum Gasteiger partial charge on any atom is -0.276 e. The third kappa shape index (κ3) is 2.24. The molecule has 2 heteroatoms. The van der Waals surface area contributed by atoms with E-state index < -0.39 is 0 Å². The van der Waals surface area contributed by atoms with Crippen LogP contribution in [-0.4, -0.2) is 4.57 Å². The molecule has 0 unspecified atom stereocenters. The standard InChI is InChI=1S/C26H21NO/c1-16(2)25-20-13-5-10-19-11-6-14-21(24(19)20)26(28)27(25)22-15-7-12-18-9-4-8-17(3)23(18)22/h4-15H,1-3H3. The Balaban J connectivity index is 2.13. The van der Waals surface area contributed by atoms with Gasteiger partial charge in [0.2, 0.25) is 0 Å². The second-order valence-electron chi connectivity index (χ2n) is 7.65. The summed E-state index contributed by atoms with van der Waals surface area (Å²) in [6.07, 6.45) is 0. The number of hydrogen-bond acceptors (Lipinski definition) is 1. The smallest absolute Gasteiger partial charge is 0.263 e. The van der Waals surface area contributed by atoms with E-state index in [2.05, 4.69) is 75.4 Å². The summed E-state index contributed by atoms with van der Waals surface area (Å²) < 4.78 is 1.92. The number of nitrogens with zero attached hydrogens (tertiary/aromatic N) is 1. The summed E-state index contributed by atoms with van der Waals surface area (Å²) in [7, 11) is 0. The van der Waals surface area contributed by atoms with Crippen LogP contribution in [-0.2, 0) is 0 Å². The molecular formula is C26H21NO. The van der Waals surface area contributed by atoms with Gasteiger partial charge in [-0.25, -0.2) is 0 Å². The molecule has 0 aliphatic heterocycles. The second kappa shape index (κ2) is 6.07. The van der Waals surface area contributed by atoms with Crippen LogP contribution in [0.4, 0.5) is 0 Å². The van der Waals surface area contributed by atoms with Gasteiger partial charge in [-0.2, -0.15) is 0 Å². The maximum absolute atomic E-state index is 13.8. The van der Waals surface area contributed by atoms with Crippen molar-refractivity contribution in [1.82, 2.24) is 4.57 Å². The van der Waals surface area contributed by atoms with Crippen LogP contribution in [0.1, 0.15) is 19.4 Å². The predicted octanol–water partition coefficient (Wildman–Crippen LogP) is 5.51. The van der Waals surface area contributed by atoms with Crippen molar-refractivity contribution in [3.8, 4) is 5.69 Å². The first-order valence-electron chi connectivity index (χ1n) is 9.60. The molecule has 5 rings (SSSR count). The Kier molecular flexibility index (Phi) is 3.63.